The van der Waals surface area contributed by atoms with Crippen LogP contribution in [0.25, 0.3) is 5.70 Å². The van der Waals surface area contributed by atoms with E-state index >= 15 is 0 Å². The van der Waals surface area contributed by atoms with Crippen molar-refractivity contribution in [3.63, 3.8) is 0 Å². The van der Waals surface area contributed by atoms with Crippen LogP contribution in [0.15, 0.2) is 36.0 Å². The molecule has 1 heterocycles. The van der Waals surface area contributed by atoms with Gasteiger partial charge in [-0.3, -0.25) is 4.99 Å². The lowest BCUT2D eigenvalue weighted by Crippen LogP contribution is -2.43. The maximum Gasteiger partial charge on any atom is 0.147 e. The van der Waals surface area contributed by atoms with Gasteiger partial charge in [0.1, 0.15) is 11.6 Å². The molecule has 6 heteroatoms. The number of allylic oxidation sites excluding steroid dienone is 1. The van der Waals surface area contributed by atoms with Crippen molar-refractivity contribution < 1.29 is 8.78 Å². The van der Waals surface area contributed by atoms with Crippen LogP contribution in [-0.4, -0.2) is 32.4 Å². The molecule has 1 saturated heterocycles. The Morgan fingerprint density at radius 3 is 2.67 bits per heavy atom. The topological polar surface area (TPSA) is 53.6 Å². The number of hydrogen-bond donors (Lipinski definition) is 2. The molecular weight excluding hydrogens is 274 g/mol. The van der Waals surface area contributed by atoms with Crippen molar-refractivity contribution in [2.24, 2.45) is 10.7 Å². The maximum absolute atomic E-state index is 14.2. The number of anilines is 1. The summed E-state index contributed by atoms with van der Waals surface area (Å²) >= 11 is 0. The summed E-state index contributed by atoms with van der Waals surface area (Å²) in [5.74, 6) is -1.01. The van der Waals surface area contributed by atoms with Crippen LogP contribution in [0.4, 0.5) is 14.5 Å². The monoisotopic (exact) mass is 292 g/mol. The molecule has 0 radical (unpaired) electrons. The van der Waals surface area contributed by atoms with Crippen molar-refractivity contribution in [3.8, 4) is 0 Å². The summed E-state index contributed by atoms with van der Waals surface area (Å²) in [6.45, 7) is 6.45. The molecule has 0 unspecified atom stereocenters. The van der Waals surface area contributed by atoms with Crippen molar-refractivity contribution in [2.75, 3.05) is 31.1 Å². The Hall–Kier alpha value is -2.21. The highest BCUT2D eigenvalue weighted by Crippen LogP contribution is 2.27. The number of halogens is 2. The molecule has 1 aliphatic heterocycles. The molecule has 0 aromatic heterocycles. The highest BCUT2D eigenvalue weighted by atomic mass is 19.1. The minimum Gasteiger partial charge on any atom is -0.405 e. The van der Waals surface area contributed by atoms with Crippen molar-refractivity contribution in [1.29, 1.82) is 0 Å². The Morgan fingerprint density at radius 2 is 2.00 bits per heavy atom. The molecule has 112 valence electrons. The van der Waals surface area contributed by atoms with Gasteiger partial charge in [-0.1, -0.05) is 6.58 Å². The molecule has 0 saturated carbocycles. The quantitative estimate of drug-likeness (QED) is 0.833. The van der Waals surface area contributed by atoms with Crippen LogP contribution in [0.1, 0.15) is 5.56 Å². The van der Waals surface area contributed by atoms with E-state index in [0.29, 0.717) is 13.1 Å². The van der Waals surface area contributed by atoms with E-state index in [1.165, 1.54) is 24.6 Å². The predicted molar refractivity (Wildman–Crippen MR) is 82.3 cm³/mol. The molecule has 4 nitrogen and oxygen atoms in total. The summed E-state index contributed by atoms with van der Waals surface area (Å²) < 4.78 is 28.4. The van der Waals surface area contributed by atoms with Gasteiger partial charge in [0.2, 0.25) is 0 Å². The van der Waals surface area contributed by atoms with E-state index in [-0.39, 0.29) is 16.9 Å². The largest absolute Gasteiger partial charge is 0.405 e. The third-order valence-corrected chi connectivity index (χ3v) is 3.23. The van der Waals surface area contributed by atoms with Gasteiger partial charge in [-0.25, -0.2) is 8.78 Å². The van der Waals surface area contributed by atoms with Gasteiger partial charge in [-0.15, -0.1) is 0 Å². The maximum atomic E-state index is 14.2. The van der Waals surface area contributed by atoms with Gasteiger partial charge in [-0.05, 0) is 18.3 Å². The van der Waals surface area contributed by atoms with Crippen molar-refractivity contribution in [1.82, 2.24) is 5.32 Å². The summed E-state index contributed by atoms with van der Waals surface area (Å²) in [6.07, 6.45) is 4.15. The molecule has 0 atom stereocenters. The fourth-order valence-corrected chi connectivity index (χ4v) is 2.16. The number of nitrogens with zero attached hydrogens (tertiary/aromatic N) is 2. The summed E-state index contributed by atoms with van der Waals surface area (Å²) in [4.78, 5) is 5.73. The summed E-state index contributed by atoms with van der Waals surface area (Å²) in [7, 11) is 0. The van der Waals surface area contributed by atoms with Crippen LogP contribution in [-0.2, 0) is 0 Å². The first-order valence-electron chi connectivity index (χ1n) is 6.68. The molecule has 0 aliphatic carbocycles. The molecule has 0 spiro atoms. The van der Waals surface area contributed by atoms with Gasteiger partial charge in [-0.2, -0.15) is 0 Å². The Kier molecular flexibility index (Phi) is 5.05. The molecule has 0 bridgehead atoms. The summed E-state index contributed by atoms with van der Waals surface area (Å²) in [6, 6.07) is 2.34. The van der Waals surface area contributed by atoms with E-state index in [9.17, 15) is 8.78 Å². The van der Waals surface area contributed by atoms with Crippen LogP contribution in [0.2, 0.25) is 0 Å². The SMILES string of the molecule is C=C(/N=C\C=C/N)c1cc(F)c(N2CCNCC2)cc1F. The number of piperazine rings is 1. The van der Waals surface area contributed by atoms with Gasteiger partial charge >= 0.3 is 0 Å². The molecule has 2 rings (SSSR count). The molecule has 3 N–H and O–H groups in total. The van der Waals surface area contributed by atoms with Gasteiger partial charge in [0.15, 0.2) is 0 Å². The average Bonchev–Trinajstić information content (AvgIpc) is 2.50. The Balaban J connectivity index is 2.26. The standard InChI is InChI=1S/C15H18F2N4/c1-11(20-4-2-3-18)12-9-14(17)15(10-13(12)16)21-7-5-19-6-8-21/h2-4,9-10,19H,1,5-8,18H2/b3-2-,20-4-. The van der Waals surface area contributed by atoms with Crippen LogP contribution in [0.3, 0.4) is 0 Å². The zero-order valence-electron chi connectivity index (χ0n) is 11.6. The van der Waals surface area contributed by atoms with Crippen LogP contribution < -0.4 is 16.0 Å². The van der Waals surface area contributed by atoms with Crippen LogP contribution in [0.5, 0.6) is 0 Å². The van der Waals surface area contributed by atoms with Gasteiger partial charge < -0.3 is 16.0 Å². The highest BCUT2D eigenvalue weighted by Gasteiger charge is 2.18. The van der Waals surface area contributed by atoms with E-state index in [1.807, 2.05) is 4.90 Å². The Morgan fingerprint density at radius 1 is 1.29 bits per heavy atom. The summed E-state index contributed by atoms with van der Waals surface area (Å²) in [5.41, 5.74) is 5.64. The van der Waals surface area contributed by atoms with Crippen LogP contribution >= 0.6 is 0 Å². The number of nitrogens with two attached hydrogens (primary N) is 1. The van der Waals surface area contributed by atoms with E-state index in [1.54, 1.807) is 0 Å². The number of hydrogen-bond acceptors (Lipinski definition) is 4. The van der Waals surface area contributed by atoms with Crippen molar-refractivity contribution in [3.05, 3.63) is 48.2 Å². The highest BCUT2D eigenvalue weighted by molar-refractivity contribution is 5.79. The second kappa shape index (κ2) is 6.99. The molecule has 1 aliphatic rings. The fraction of sp³-hybridized carbons (Fsp3) is 0.267. The zero-order valence-corrected chi connectivity index (χ0v) is 11.6. The first-order valence-corrected chi connectivity index (χ1v) is 6.68. The lowest BCUT2D eigenvalue weighted by molar-refractivity contribution is 0.557. The van der Waals surface area contributed by atoms with E-state index in [2.05, 4.69) is 16.9 Å². The van der Waals surface area contributed by atoms with E-state index in [0.717, 1.165) is 19.2 Å². The van der Waals surface area contributed by atoms with E-state index in [4.69, 9.17) is 5.73 Å². The number of benzene rings is 1. The minimum atomic E-state index is -0.538. The lowest BCUT2D eigenvalue weighted by atomic mass is 10.1. The third kappa shape index (κ3) is 3.66. The van der Waals surface area contributed by atoms with Crippen LogP contribution in [0, 0.1) is 11.6 Å². The van der Waals surface area contributed by atoms with Gasteiger partial charge in [0.05, 0.1) is 11.4 Å². The minimum absolute atomic E-state index is 0.0491. The average molecular weight is 292 g/mol. The lowest BCUT2D eigenvalue weighted by Gasteiger charge is -2.30. The molecule has 0 amide bonds. The molecule has 1 aromatic carbocycles. The van der Waals surface area contributed by atoms with Crippen molar-refractivity contribution >= 4 is 17.6 Å². The zero-order chi connectivity index (χ0) is 15.2. The first kappa shape index (κ1) is 15.2. The normalized spacial score (nSPS) is 16.0. The second-order valence-electron chi connectivity index (χ2n) is 4.63. The Labute approximate surface area is 122 Å². The van der Waals surface area contributed by atoms with E-state index < -0.39 is 11.6 Å². The van der Waals surface area contributed by atoms with Gasteiger partial charge in [0.25, 0.3) is 0 Å². The number of rotatable bonds is 4. The smallest absolute Gasteiger partial charge is 0.147 e. The number of aliphatic imine (C=N–C) groups is 1. The molecule has 21 heavy (non-hydrogen) atoms. The Bertz CT molecular complexity index is 575. The second-order valence-corrected chi connectivity index (χ2v) is 4.63. The molecule has 1 fully saturated rings. The summed E-state index contributed by atoms with van der Waals surface area (Å²) in [5, 5.41) is 3.17. The molecular formula is C15H18F2N4. The fourth-order valence-electron chi connectivity index (χ4n) is 2.16. The third-order valence-electron chi connectivity index (χ3n) is 3.23. The predicted octanol–water partition coefficient (Wildman–Crippen LogP) is 1.89. The first-order chi connectivity index (χ1) is 10.1. The van der Waals surface area contributed by atoms with Crippen molar-refractivity contribution in [2.45, 2.75) is 0 Å². The molecule has 1 aromatic rings. The van der Waals surface area contributed by atoms with Gasteiger partial charge in [0, 0.05) is 44.0 Å². The number of nitrogens with one attached hydrogen (secondary N) is 1.